The molecular formula is C26H42N4O6Si. The highest BCUT2D eigenvalue weighted by Gasteiger charge is 2.28. The van der Waals surface area contributed by atoms with E-state index < -0.39 is 44.0 Å². The summed E-state index contributed by atoms with van der Waals surface area (Å²) in [6.45, 7) is 11.5. The smallest absolute Gasteiger partial charge is 0.407 e. The molecule has 4 N–H and O–H groups in total. The van der Waals surface area contributed by atoms with Crippen LogP contribution in [0.2, 0.25) is 25.7 Å². The maximum Gasteiger partial charge on any atom is 0.407 e. The highest BCUT2D eigenvalue weighted by Crippen LogP contribution is 2.09. The van der Waals surface area contributed by atoms with Crippen molar-refractivity contribution in [1.82, 2.24) is 21.3 Å². The fourth-order valence-corrected chi connectivity index (χ4v) is 3.98. The molecule has 37 heavy (non-hydrogen) atoms. The van der Waals surface area contributed by atoms with Gasteiger partial charge in [-0.1, -0.05) is 63.8 Å². The van der Waals surface area contributed by atoms with Gasteiger partial charge in [0, 0.05) is 14.5 Å². The monoisotopic (exact) mass is 534 g/mol. The van der Waals surface area contributed by atoms with E-state index in [1.165, 1.54) is 6.92 Å². The highest BCUT2D eigenvalue weighted by atomic mass is 28.3. The Morgan fingerprint density at radius 1 is 0.865 bits per heavy atom. The summed E-state index contributed by atoms with van der Waals surface area (Å²) in [5.41, 5.74) is 0.808. The molecule has 10 nitrogen and oxygen atoms in total. The standard InChI is InChI=1S/C26H42N4O6Si/c1-18(2)14-21(24(33)27-16-19(3)31)30-25(34)22(15-20-10-8-7-9-11-20)29-23(32)17-28-26(35)36-12-13-37(4,5)6/h7-11,18,21-22H,12-17H2,1-6H3,(H,27,33)(H,28,35)(H,29,32)(H,30,34)/t21-,22-/m0/s1. The number of nitrogens with one attached hydrogen (secondary N) is 4. The molecule has 0 saturated heterocycles. The first kappa shape index (κ1) is 31.8. The van der Waals surface area contributed by atoms with Gasteiger partial charge < -0.3 is 26.0 Å². The lowest BCUT2D eigenvalue weighted by atomic mass is 10.0. The zero-order chi connectivity index (χ0) is 28.0. The van der Waals surface area contributed by atoms with E-state index in [0.29, 0.717) is 6.42 Å². The Kier molecular flexibility index (Phi) is 13.6. The molecule has 2 atom stereocenters. The van der Waals surface area contributed by atoms with Crippen molar-refractivity contribution in [2.75, 3.05) is 19.7 Å². The number of hydrogen-bond acceptors (Lipinski definition) is 6. The van der Waals surface area contributed by atoms with Gasteiger partial charge in [-0.25, -0.2) is 4.79 Å². The Morgan fingerprint density at radius 3 is 2.08 bits per heavy atom. The van der Waals surface area contributed by atoms with Crippen LogP contribution in [0.15, 0.2) is 30.3 Å². The van der Waals surface area contributed by atoms with Gasteiger partial charge in [0.25, 0.3) is 0 Å². The van der Waals surface area contributed by atoms with Crippen LogP contribution in [0.5, 0.6) is 0 Å². The molecule has 4 amide bonds. The summed E-state index contributed by atoms with van der Waals surface area (Å²) in [5.74, 6) is -1.70. The number of ketones is 1. The molecule has 0 saturated carbocycles. The van der Waals surface area contributed by atoms with Crippen LogP contribution in [0.1, 0.15) is 32.8 Å². The Bertz CT molecular complexity index is 917. The second-order valence-electron chi connectivity index (χ2n) is 10.7. The van der Waals surface area contributed by atoms with Crippen LogP contribution >= 0.6 is 0 Å². The summed E-state index contributed by atoms with van der Waals surface area (Å²) in [4.78, 5) is 61.6. The summed E-state index contributed by atoms with van der Waals surface area (Å²) in [6, 6.07) is 8.08. The fourth-order valence-electron chi connectivity index (χ4n) is 3.27. The summed E-state index contributed by atoms with van der Waals surface area (Å²) in [5, 5.41) is 10.3. The molecule has 0 aliphatic carbocycles. The van der Waals surface area contributed by atoms with Gasteiger partial charge in [0.15, 0.2) is 0 Å². The molecule has 0 aliphatic rings. The van der Waals surface area contributed by atoms with Crippen molar-refractivity contribution in [2.24, 2.45) is 5.92 Å². The van der Waals surface area contributed by atoms with Crippen LogP contribution in [-0.2, 0) is 30.3 Å². The zero-order valence-electron chi connectivity index (χ0n) is 22.8. The number of alkyl carbamates (subject to hydrolysis) is 1. The summed E-state index contributed by atoms with van der Waals surface area (Å²) >= 11 is 0. The lowest BCUT2D eigenvalue weighted by Gasteiger charge is -2.24. The summed E-state index contributed by atoms with van der Waals surface area (Å²) < 4.78 is 5.13. The van der Waals surface area contributed by atoms with Gasteiger partial charge in [0.1, 0.15) is 24.4 Å². The van der Waals surface area contributed by atoms with E-state index in [9.17, 15) is 24.0 Å². The number of ether oxygens (including phenoxy) is 1. The second-order valence-corrected chi connectivity index (χ2v) is 16.3. The first-order valence-electron chi connectivity index (χ1n) is 12.6. The fraction of sp³-hybridized carbons (Fsp3) is 0.577. The zero-order valence-corrected chi connectivity index (χ0v) is 23.8. The van der Waals surface area contributed by atoms with Crippen LogP contribution < -0.4 is 21.3 Å². The third-order valence-electron chi connectivity index (χ3n) is 5.26. The van der Waals surface area contributed by atoms with Gasteiger partial charge in [-0.2, -0.15) is 0 Å². The van der Waals surface area contributed by atoms with E-state index in [-0.39, 0.29) is 37.8 Å². The van der Waals surface area contributed by atoms with Crippen LogP contribution in [0.3, 0.4) is 0 Å². The molecule has 0 spiro atoms. The normalized spacial score (nSPS) is 12.7. The van der Waals surface area contributed by atoms with Gasteiger partial charge in [-0.15, -0.1) is 0 Å². The molecule has 0 bridgehead atoms. The van der Waals surface area contributed by atoms with Gasteiger partial charge in [-0.3, -0.25) is 19.2 Å². The molecule has 1 rings (SSSR count). The molecule has 206 valence electrons. The summed E-state index contributed by atoms with van der Waals surface area (Å²) in [6.07, 6.45) is -0.161. The average molecular weight is 535 g/mol. The minimum absolute atomic E-state index is 0.0895. The van der Waals surface area contributed by atoms with Crippen molar-refractivity contribution < 1.29 is 28.7 Å². The first-order chi connectivity index (χ1) is 17.3. The van der Waals surface area contributed by atoms with Gasteiger partial charge in [-0.05, 0) is 30.9 Å². The molecule has 0 aromatic heterocycles. The molecule has 0 heterocycles. The van der Waals surface area contributed by atoms with E-state index in [0.717, 1.165) is 11.6 Å². The molecule has 0 unspecified atom stereocenters. The molecule has 1 aromatic carbocycles. The lowest BCUT2D eigenvalue weighted by molar-refractivity contribution is -0.132. The number of benzene rings is 1. The first-order valence-corrected chi connectivity index (χ1v) is 16.3. The number of carbonyl (C=O) groups is 5. The van der Waals surface area contributed by atoms with Crippen molar-refractivity contribution in [2.45, 2.75) is 71.4 Å². The molecule has 0 fully saturated rings. The van der Waals surface area contributed by atoms with Crippen molar-refractivity contribution >= 4 is 37.7 Å². The van der Waals surface area contributed by atoms with Gasteiger partial charge >= 0.3 is 6.09 Å². The van der Waals surface area contributed by atoms with E-state index in [1.54, 1.807) is 0 Å². The van der Waals surface area contributed by atoms with Gasteiger partial charge in [0.05, 0.1) is 13.2 Å². The largest absolute Gasteiger partial charge is 0.450 e. The lowest BCUT2D eigenvalue weighted by Crippen LogP contribution is -2.56. The quantitative estimate of drug-likeness (QED) is 0.254. The number of Topliss-reactive ketones (excluding diaryl/α,β-unsaturated/α-hetero) is 1. The van der Waals surface area contributed by atoms with Crippen molar-refractivity contribution in [3.63, 3.8) is 0 Å². The van der Waals surface area contributed by atoms with Crippen LogP contribution in [-0.4, -0.2) is 69.5 Å². The topological polar surface area (TPSA) is 143 Å². The minimum atomic E-state index is -1.36. The Labute approximate surface area is 220 Å². The molecule has 1 aromatic rings. The van der Waals surface area contributed by atoms with Crippen LogP contribution in [0.25, 0.3) is 0 Å². The maximum atomic E-state index is 13.2. The van der Waals surface area contributed by atoms with E-state index in [4.69, 9.17) is 4.74 Å². The van der Waals surface area contributed by atoms with E-state index in [2.05, 4.69) is 40.9 Å². The van der Waals surface area contributed by atoms with Gasteiger partial charge in [0.2, 0.25) is 17.7 Å². The predicted octanol–water partition coefficient (Wildman–Crippen LogP) is 2.01. The van der Waals surface area contributed by atoms with Crippen molar-refractivity contribution in [1.29, 1.82) is 0 Å². The van der Waals surface area contributed by atoms with Crippen molar-refractivity contribution in [3.8, 4) is 0 Å². The number of amides is 4. The van der Waals surface area contributed by atoms with Crippen molar-refractivity contribution in [3.05, 3.63) is 35.9 Å². The SMILES string of the molecule is CC(=O)CNC(=O)[C@H](CC(C)C)NC(=O)[C@H](Cc1ccccc1)NC(=O)CNC(=O)OCC[Si](C)(C)C. The number of hydrogen-bond donors (Lipinski definition) is 4. The minimum Gasteiger partial charge on any atom is -0.450 e. The third kappa shape index (κ3) is 14.8. The second kappa shape index (κ2) is 15.8. The third-order valence-corrected chi connectivity index (χ3v) is 6.97. The Morgan fingerprint density at radius 2 is 1.51 bits per heavy atom. The summed E-state index contributed by atoms with van der Waals surface area (Å²) in [7, 11) is -1.36. The molecule has 0 aliphatic heterocycles. The van der Waals surface area contributed by atoms with E-state index in [1.807, 2.05) is 44.2 Å². The number of carbonyl (C=O) groups excluding carboxylic acids is 5. The van der Waals surface area contributed by atoms with Crippen LogP contribution in [0.4, 0.5) is 4.79 Å². The highest BCUT2D eigenvalue weighted by molar-refractivity contribution is 6.76. The predicted molar refractivity (Wildman–Crippen MR) is 145 cm³/mol. The Balaban J connectivity index is 2.84. The molecule has 0 radical (unpaired) electrons. The number of rotatable bonds is 15. The Hall–Kier alpha value is -3.21. The maximum absolute atomic E-state index is 13.2. The van der Waals surface area contributed by atoms with Crippen LogP contribution in [0, 0.1) is 5.92 Å². The molecular weight excluding hydrogens is 492 g/mol. The van der Waals surface area contributed by atoms with E-state index >= 15 is 0 Å². The molecule has 11 heteroatoms. The average Bonchev–Trinajstić information content (AvgIpc) is 2.79.